The number of aliphatic hydroxyl groups excluding tert-OH is 1. The van der Waals surface area contributed by atoms with Crippen molar-refractivity contribution in [1.82, 2.24) is 0 Å². The van der Waals surface area contributed by atoms with E-state index in [9.17, 15) is 5.11 Å². The molecule has 4 aliphatic rings. The summed E-state index contributed by atoms with van der Waals surface area (Å²) in [7, 11) is 0. The third-order valence-corrected chi connectivity index (χ3v) is 8.71. The van der Waals surface area contributed by atoms with Crippen molar-refractivity contribution in [3.05, 3.63) is 0 Å². The number of rotatable bonds is 0. The molecule has 2 heteroatoms. The van der Waals surface area contributed by atoms with Crippen LogP contribution in [0.25, 0.3) is 0 Å². The molecule has 3 unspecified atom stereocenters. The maximum Gasteiger partial charge on any atom is 0.0543 e. The van der Waals surface area contributed by atoms with Crippen LogP contribution < -0.4 is 5.73 Å². The van der Waals surface area contributed by atoms with Gasteiger partial charge in [0.2, 0.25) is 0 Å². The third-order valence-electron chi connectivity index (χ3n) is 8.71. The lowest BCUT2D eigenvalue weighted by molar-refractivity contribution is -0.122. The highest BCUT2D eigenvalue weighted by molar-refractivity contribution is 5.10. The van der Waals surface area contributed by atoms with E-state index in [1.165, 1.54) is 44.9 Å². The van der Waals surface area contributed by atoms with Crippen molar-refractivity contribution in [2.75, 3.05) is 0 Å². The van der Waals surface area contributed by atoms with Crippen LogP contribution in [0.1, 0.15) is 71.6 Å². The quantitative estimate of drug-likeness (QED) is 0.714. The molecule has 4 fully saturated rings. The number of hydrogen-bond acceptors (Lipinski definition) is 2. The average molecular weight is 291 g/mol. The number of hydrogen-bond donors (Lipinski definition) is 2. The Morgan fingerprint density at radius 3 is 2.38 bits per heavy atom. The smallest absolute Gasteiger partial charge is 0.0543 e. The summed E-state index contributed by atoms with van der Waals surface area (Å²) < 4.78 is 0. The Labute approximate surface area is 129 Å². The standard InChI is InChI=1S/C19H33NO/c1-18-9-7-13(21)11-12(18)3-4-14-15-5-6-17(20)19(15,2)10-8-16(14)18/h12-17,21H,3-11,20H2,1-2H3/t12-,13+,14?,15?,16?,17+,18-,19-/m0/s1. The van der Waals surface area contributed by atoms with Gasteiger partial charge in [-0.25, -0.2) is 0 Å². The second-order valence-corrected chi connectivity index (χ2v) is 9.31. The normalized spacial score (nSPS) is 60.0. The molecule has 0 saturated heterocycles. The second kappa shape index (κ2) is 4.71. The Morgan fingerprint density at radius 1 is 0.857 bits per heavy atom. The van der Waals surface area contributed by atoms with E-state index in [1.54, 1.807) is 0 Å². The molecular weight excluding hydrogens is 258 g/mol. The molecule has 0 aromatic carbocycles. The Balaban J connectivity index is 1.62. The number of fused-ring (bicyclic) bond motifs is 5. The highest BCUT2D eigenvalue weighted by atomic mass is 16.3. The van der Waals surface area contributed by atoms with Crippen LogP contribution in [0.2, 0.25) is 0 Å². The zero-order chi connectivity index (χ0) is 14.8. The fourth-order valence-electron chi connectivity index (χ4n) is 7.28. The molecule has 8 atom stereocenters. The van der Waals surface area contributed by atoms with Gasteiger partial charge in [0.15, 0.2) is 0 Å². The maximum atomic E-state index is 10.1. The van der Waals surface area contributed by atoms with Crippen LogP contribution in [0.5, 0.6) is 0 Å². The monoisotopic (exact) mass is 291 g/mol. The van der Waals surface area contributed by atoms with E-state index in [-0.39, 0.29) is 6.10 Å². The molecule has 0 aromatic heterocycles. The zero-order valence-corrected chi connectivity index (χ0v) is 13.9. The van der Waals surface area contributed by atoms with Gasteiger partial charge < -0.3 is 10.8 Å². The fraction of sp³-hybridized carbons (Fsp3) is 1.00. The molecule has 21 heavy (non-hydrogen) atoms. The van der Waals surface area contributed by atoms with Crippen LogP contribution in [0, 0.1) is 34.5 Å². The van der Waals surface area contributed by atoms with E-state index in [0.717, 1.165) is 36.5 Å². The first kappa shape index (κ1) is 14.5. The van der Waals surface area contributed by atoms with Gasteiger partial charge in [-0.3, -0.25) is 0 Å². The first-order valence-corrected chi connectivity index (χ1v) is 9.39. The van der Waals surface area contributed by atoms with Crippen molar-refractivity contribution < 1.29 is 5.11 Å². The zero-order valence-electron chi connectivity index (χ0n) is 13.9. The topological polar surface area (TPSA) is 46.2 Å². The van der Waals surface area contributed by atoms with Crippen molar-refractivity contribution in [2.24, 2.45) is 40.2 Å². The molecule has 120 valence electrons. The van der Waals surface area contributed by atoms with Gasteiger partial charge in [0, 0.05) is 6.04 Å². The highest BCUT2D eigenvalue weighted by Crippen LogP contribution is 2.65. The van der Waals surface area contributed by atoms with Gasteiger partial charge in [-0.1, -0.05) is 13.8 Å². The van der Waals surface area contributed by atoms with E-state index in [4.69, 9.17) is 5.73 Å². The van der Waals surface area contributed by atoms with Gasteiger partial charge in [-0.15, -0.1) is 0 Å². The molecule has 0 heterocycles. The number of aliphatic hydroxyl groups is 1. The van der Waals surface area contributed by atoms with Crippen LogP contribution in [0.4, 0.5) is 0 Å². The molecule has 0 spiro atoms. The Bertz CT molecular complexity index is 424. The molecule has 0 aliphatic heterocycles. The van der Waals surface area contributed by atoms with Crippen molar-refractivity contribution in [3.8, 4) is 0 Å². The highest BCUT2D eigenvalue weighted by Gasteiger charge is 2.59. The van der Waals surface area contributed by atoms with Crippen LogP contribution in [-0.2, 0) is 0 Å². The summed E-state index contributed by atoms with van der Waals surface area (Å²) in [5, 5.41) is 10.1. The predicted molar refractivity (Wildman–Crippen MR) is 85.7 cm³/mol. The molecule has 2 nitrogen and oxygen atoms in total. The summed E-state index contributed by atoms with van der Waals surface area (Å²) >= 11 is 0. The van der Waals surface area contributed by atoms with Gasteiger partial charge >= 0.3 is 0 Å². The van der Waals surface area contributed by atoms with Gasteiger partial charge in [-0.05, 0) is 92.3 Å². The summed E-state index contributed by atoms with van der Waals surface area (Å²) in [6.07, 6.45) is 11.5. The van der Waals surface area contributed by atoms with Crippen LogP contribution in [0.15, 0.2) is 0 Å². The summed E-state index contributed by atoms with van der Waals surface area (Å²) in [6.45, 7) is 5.06. The summed E-state index contributed by atoms with van der Waals surface area (Å²) in [6, 6.07) is 0.446. The minimum atomic E-state index is -0.0200. The minimum Gasteiger partial charge on any atom is -0.393 e. The van der Waals surface area contributed by atoms with Crippen molar-refractivity contribution in [1.29, 1.82) is 0 Å². The molecule has 0 aromatic rings. The lowest BCUT2D eigenvalue weighted by Gasteiger charge is -2.60. The summed E-state index contributed by atoms with van der Waals surface area (Å²) in [4.78, 5) is 0. The molecule has 4 rings (SSSR count). The molecule has 0 bridgehead atoms. The largest absolute Gasteiger partial charge is 0.393 e. The van der Waals surface area contributed by atoms with Gasteiger partial charge in [0.05, 0.1) is 6.10 Å². The average Bonchev–Trinajstić information content (AvgIpc) is 2.76. The molecular formula is C19H33NO. The first-order chi connectivity index (χ1) is 9.95. The van der Waals surface area contributed by atoms with Crippen LogP contribution >= 0.6 is 0 Å². The van der Waals surface area contributed by atoms with E-state index < -0.39 is 0 Å². The molecule has 4 aliphatic carbocycles. The van der Waals surface area contributed by atoms with E-state index in [2.05, 4.69) is 13.8 Å². The fourth-order valence-corrected chi connectivity index (χ4v) is 7.28. The summed E-state index contributed by atoms with van der Waals surface area (Å²) in [5.74, 6) is 3.50. The van der Waals surface area contributed by atoms with Crippen molar-refractivity contribution >= 4 is 0 Å². The molecule has 3 N–H and O–H groups in total. The molecule has 4 saturated carbocycles. The Kier molecular flexibility index (Phi) is 3.25. The van der Waals surface area contributed by atoms with Gasteiger partial charge in [0.25, 0.3) is 0 Å². The summed E-state index contributed by atoms with van der Waals surface area (Å²) in [5.41, 5.74) is 7.43. The SMILES string of the molecule is C[C@]12CCC3C(CC[C@H]4C[C@H](O)CC[C@]34C)C1CC[C@H]2N. The van der Waals surface area contributed by atoms with E-state index >= 15 is 0 Å². The van der Waals surface area contributed by atoms with Crippen LogP contribution in [0.3, 0.4) is 0 Å². The molecule has 0 amide bonds. The maximum absolute atomic E-state index is 10.1. The van der Waals surface area contributed by atoms with Crippen LogP contribution in [-0.4, -0.2) is 17.3 Å². The Hall–Kier alpha value is -0.0800. The minimum absolute atomic E-state index is 0.0200. The Morgan fingerprint density at radius 2 is 1.57 bits per heavy atom. The number of nitrogens with two attached hydrogens (primary N) is 1. The van der Waals surface area contributed by atoms with Gasteiger partial charge in [-0.2, -0.15) is 0 Å². The van der Waals surface area contributed by atoms with E-state index in [0.29, 0.717) is 16.9 Å². The molecule has 0 radical (unpaired) electrons. The van der Waals surface area contributed by atoms with Crippen molar-refractivity contribution in [3.63, 3.8) is 0 Å². The lowest BCUT2D eigenvalue weighted by atomic mass is 9.45. The lowest BCUT2D eigenvalue weighted by Crippen LogP contribution is -2.55. The third kappa shape index (κ3) is 1.91. The van der Waals surface area contributed by atoms with Crippen molar-refractivity contribution in [2.45, 2.75) is 83.8 Å². The second-order valence-electron chi connectivity index (χ2n) is 9.31. The van der Waals surface area contributed by atoms with E-state index in [1.807, 2.05) is 0 Å². The van der Waals surface area contributed by atoms with Gasteiger partial charge in [0.1, 0.15) is 0 Å². The first-order valence-electron chi connectivity index (χ1n) is 9.39. The predicted octanol–water partition coefficient (Wildman–Crippen LogP) is 3.72.